The molecule has 2 atom stereocenters. The Labute approximate surface area is 154 Å². The third-order valence-corrected chi connectivity index (χ3v) is 2.89. The van der Waals surface area contributed by atoms with Crippen molar-refractivity contribution in [3.05, 3.63) is 24.3 Å². The molecule has 0 spiro atoms. The van der Waals surface area contributed by atoms with Crippen molar-refractivity contribution in [3.63, 3.8) is 0 Å². The van der Waals surface area contributed by atoms with Crippen molar-refractivity contribution < 1.29 is 38.7 Å². The van der Waals surface area contributed by atoms with Gasteiger partial charge in [0, 0.05) is 25.4 Å². The van der Waals surface area contributed by atoms with Gasteiger partial charge in [0.25, 0.3) is 0 Å². The molecule has 0 heterocycles. The fourth-order valence-electron chi connectivity index (χ4n) is 1.67. The highest BCUT2D eigenvalue weighted by Gasteiger charge is 2.08. The molecular weight excluding hydrogens is 344 g/mol. The van der Waals surface area contributed by atoms with Gasteiger partial charge in [-0.05, 0) is 26.7 Å². The first kappa shape index (κ1) is 24.3. The number of ether oxygens (including phenoxy) is 4. The van der Waals surface area contributed by atoms with Crippen LogP contribution in [0.25, 0.3) is 0 Å². The van der Waals surface area contributed by atoms with Crippen molar-refractivity contribution in [2.24, 2.45) is 0 Å². The summed E-state index contributed by atoms with van der Waals surface area (Å²) >= 11 is 0. The summed E-state index contributed by atoms with van der Waals surface area (Å²) in [6.07, 6.45) is 5.38. The third-order valence-electron chi connectivity index (χ3n) is 2.89. The van der Waals surface area contributed by atoms with Gasteiger partial charge in [0.15, 0.2) is 0 Å². The summed E-state index contributed by atoms with van der Waals surface area (Å²) in [7, 11) is 0. The number of allylic oxidation sites excluding steroid dienone is 2. The zero-order valence-electron chi connectivity index (χ0n) is 15.5. The average molecular weight is 374 g/mol. The van der Waals surface area contributed by atoms with Gasteiger partial charge in [0.2, 0.25) is 0 Å². The van der Waals surface area contributed by atoms with Gasteiger partial charge in [0.1, 0.15) is 25.4 Å². The highest BCUT2D eigenvalue weighted by molar-refractivity contribution is 5.82. The van der Waals surface area contributed by atoms with Gasteiger partial charge in [-0.3, -0.25) is 0 Å². The summed E-state index contributed by atoms with van der Waals surface area (Å²) in [4.78, 5) is 22.1. The van der Waals surface area contributed by atoms with Gasteiger partial charge in [-0.15, -0.1) is 0 Å². The first-order chi connectivity index (χ1) is 12.5. The maximum atomic E-state index is 11.1. The average Bonchev–Trinajstić information content (AvgIpc) is 2.61. The molecule has 0 radical (unpaired) electrons. The fourth-order valence-corrected chi connectivity index (χ4v) is 1.67. The van der Waals surface area contributed by atoms with E-state index in [0.717, 1.165) is 12.8 Å². The summed E-state index contributed by atoms with van der Waals surface area (Å²) in [5.74, 6) is -0.995. The Morgan fingerprint density at radius 2 is 1.15 bits per heavy atom. The maximum Gasteiger partial charge on any atom is 0.330 e. The Balaban J connectivity index is 3.45. The van der Waals surface area contributed by atoms with Gasteiger partial charge in [0.05, 0.1) is 13.2 Å². The molecule has 0 bridgehead atoms. The lowest BCUT2D eigenvalue weighted by atomic mass is 10.3. The van der Waals surface area contributed by atoms with Gasteiger partial charge in [-0.2, -0.15) is 0 Å². The number of unbranched alkanes of at least 4 members (excludes halogenated alkanes) is 1. The number of esters is 2. The number of aliphatic hydroxyl groups excluding tert-OH is 2. The smallest absolute Gasteiger partial charge is 0.330 e. The van der Waals surface area contributed by atoms with Gasteiger partial charge in [-0.25, -0.2) is 9.59 Å². The summed E-state index contributed by atoms with van der Waals surface area (Å²) in [5, 5.41) is 19.1. The number of hydrogen-bond acceptors (Lipinski definition) is 8. The van der Waals surface area contributed by atoms with Crippen molar-refractivity contribution in [2.45, 2.75) is 38.9 Å². The van der Waals surface area contributed by atoms with Crippen LogP contribution in [0, 0.1) is 0 Å². The van der Waals surface area contributed by atoms with E-state index in [0.29, 0.717) is 13.2 Å². The normalized spacial score (nSPS) is 13.8. The van der Waals surface area contributed by atoms with Crippen LogP contribution in [-0.2, 0) is 28.5 Å². The zero-order chi connectivity index (χ0) is 19.6. The van der Waals surface area contributed by atoms with Crippen LogP contribution in [0.3, 0.4) is 0 Å². The highest BCUT2D eigenvalue weighted by atomic mass is 16.6. The highest BCUT2D eigenvalue weighted by Crippen LogP contribution is 1.96. The number of hydrogen-bond donors (Lipinski definition) is 2. The molecule has 2 N–H and O–H groups in total. The summed E-state index contributed by atoms with van der Waals surface area (Å²) in [6.45, 7) is 4.22. The van der Waals surface area contributed by atoms with E-state index in [4.69, 9.17) is 18.9 Å². The molecular formula is C18H30O8. The van der Waals surface area contributed by atoms with Crippen LogP contribution in [0.15, 0.2) is 24.3 Å². The van der Waals surface area contributed by atoms with Crippen LogP contribution in [0.5, 0.6) is 0 Å². The zero-order valence-corrected chi connectivity index (χ0v) is 15.5. The van der Waals surface area contributed by atoms with Crippen molar-refractivity contribution >= 4 is 11.9 Å². The molecule has 0 aromatic rings. The van der Waals surface area contributed by atoms with E-state index in [9.17, 15) is 19.8 Å². The van der Waals surface area contributed by atoms with Gasteiger partial charge in [-0.1, -0.05) is 12.2 Å². The van der Waals surface area contributed by atoms with Crippen LogP contribution >= 0.6 is 0 Å². The second kappa shape index (κ2) is 16.7. The Bertz CT molecular complexity index is 393. The van der Waals surface area contributed by atoms with E-state index in [2.05, 4.69) is 0 Å². The Hall–Kier alpha value is -1.74. The molecule has 8 nitrogen and oxygen atoms in total. The number of carbonyl (C=O) groups excluding carboxylic acids is 2. The van der Waals surface area contributed by atoms with Gasteiger partial charge >= 0.3 is 11.9 Å². The summed E-state index contributed by atoms with van der Waals surface area (Å²) < 4.78 is 20.1. The van der Waals surface area contributed by atoms with Crippen LogP contribution in [0.4, 0.5) is 0 Å². The van der Waals surface area contributed by atoms with E-state index in [1.54, 1.807) is 26.0 Å². The SMILES string of the molecule is CC=CC(=O)OCC(O)COCCCCOCC(O)COC(=O)C=CC. The molecule has 0 saturated heterocycles. The van der Waals surface area contributed by atoms with E-state index in [1.807, 2.05) is 0 Å². The molecule has 0 fully saturated rings. The summed E-state index contributed by atoms with van der Waals surface area (Å²) in [6, 6.07) is 0. The molecule has 0 amide bonds. The summed E-state index contributed by atoms with van der Waals surface area (Å²) in [5.41, 5.74) is 0. The number of aliphatic hydroxyl groups is 2. The fraction of sp³-hybridized carbons (Fsp3) is 0.667. The van der Waals surface area contributed by atoms with Gasteiger partial charge < -0.3 is 29.2 Å². The second-order valence-corrected chi connectivity index (χ2v) is 5.42. The lowest BCUT2D eigenvalue weighted by Gasteiger charge is -2.12. The minimum atomic E-state index is -0.860. The molecule has 0 saturated carbocycles. The van der Waals surface area contributed by atoms with Crippen molar-refractivity contribution in [3.8, 4) is 0 Å². The van der Waals surface area contributed by atoms with Crippen molar-refractivity contribution in [1.29, 1.82) is 0 Å². The molecule has 0 rings (SSSR count). The first-order valence-corrected chi connectivity index (χ1v) is 8.60. The molecule has 0 aliphatic heterocycles. The van der Waals surface area contributed by atoms with Crippen molar-refractivity contribution in [2.75, 3.05) is 39.6 Å². The molecule has 0 aliphatic carbocycles. The second-order valence-electron chi connectivity index (χ2n) is 5.42. The molecule has 0 aromatic carbocycles. The molecule has 150 valence electrons. The van der Waals surface area contributed by atoms with Crippen LogP contribution in [0.1, 0.15) is 26.7 Å². The van der Waals surface area contributed by atoms with E-state index in [-0.39, 0.29) is 26.4 Å². The van der Waals surface area contributed by atoms with E-state index in [1.165, 1.54) is 12.2 Å². The largest absolute Gasteiger partial charge is 0.460 e. The third kappa shape index (κ3) is 15.8. The standard InChI is InChI=1S/C18H30O8/c1-3-7-17(21)25-13-15(19)11-23-9-5-6-10-24-12-16(20)14-26-18(22)8-4-2/h3-4,7-8,15-16,19-20H,5-6,9-14H2,1-2H3. The van der Waals surface area contributed by atoms with E-state index >= 15 is 0 Å². The number of rotatable bonds is 15. The lowest BCUT2D eigenvalue weighted by molar-refractivity contribution is -0.142. The van der Waals surface area contributed by atoms with Crippen molar-refractivity contribution in [1.82, 2.24) is 0 Å². The predicted molar refractivity (Wildman–Crippen MR) is 94.4 cm³/mol. The molecule has 26 heavy (non-hydrogen) atoms. The topological polar surface area (TPSA) is 112 Å². The Morgan fingerprint density at radius 1 is 0.769 bits per heavy atom. The minimum Gasteiger partial charge on any atom is -0.460 e. The maximum absolute atomic E-state index is 11.1. The molecule has 8 heteroatoms. The Kier molecular flexibility index (Phi) is 15.6. The van der Waals surface area contributed by atoms with E-state index < -0.39 is 24.1 Å². The van der Waals surface area contributed by atoms with Crippen LogP contribution in [0.2, 0.25) is 0 Å². The van der Waals surface area contributed by atoms with Crippen LogP contribution in [-0.4, -0.2) is 74.0 Å². The minimum absolute atomic E-state index is 0.0836. The predicted octanol–water partition coefficient (Wildman–Crippen LogP) is 0.760. The quantitative estimate of drug-likeness (QED) is 0.245. The molecule has 0 aromatic heterocycles. The molecule has 2 unspecified atom stereocenters. The number of carbonyl (C=O) groups is 2. The monoisotopic (exact) mass is 374 g/mol. The Morgan fingerprint density at radius 3 is 1.50 bits per heavy atom. The first-order valence-electron chi connectivity index (χ1n) is 8.60. The molecule has 0 aliphatic rings. The van der Waals surface area contributed by atoms with Crippen LogP contribution < -0.4 is 0 Å². The lowest BCUT2D eigenvalue weighted by Crippen LogP contribution is -2.24.